The third-order valence-corrected chi connectivity index (χ3v) is 3.35. The van der Waals surface area contributed by atoms with Crippen LogP contribution in [0.5, 0.6) is 0 Å². The topological polar surface area (TPSA) is 3.24 Å². The minimum atomic E-state index is -2.59. The molecule has 0 fully saturated rings. The van der Waals surface area contributed by atoms with Gasteiger partial charge in [0.1, 0.15) is 5.82 Å². The van der Waals surface area contributed by atoms with E-state index in [1.807, 2.05) is 0 Å². The smallest absolute Gasteiger partial charge is 0.256 e. The molecule has 109 valence electrons. The summed E-state index contributed by atoms with van der Waals surface area (Å²) in [6.07, 6.45) is 1.60. The molecule has 0 aliphatic carbocycles. The normalized spacial score (nSPS) is 14.8. The molecule has 1 aromatic rings. The minimum Gasteiger partial charge on any atom is -0.368 e. The number of rotatable bonds is 3. The van der Waals surface area contributed by atoms with Crippen LogP contribution < -0.4 is 0 Å². The molecule has 0 aromatic heterocycles. The molecule has 1 aliphatic rings. The Labute approximate surface area is 156 Å². The van der Waals surface area contributed by atoms with Crippen molar-refractivity contribution in [3.63, 3.8) is 0 Å². The molecule has 0 saturated carbocycles. The van der Waals surface area contributed by atoms with Crippen LogP contribution in [0.25, 0.3) is 5.70 Å². The summed E-state index contributed by atoms with van der Waals surface area (Å²) in [6.45, 7) is 3.07. The maximum atomic E-state index is 13.1. The van der Waals surface area contributed by atoms with Gasteiger partial charge in [0.05, 0.1) is 6.54 Å². The van der Waals surface area contributed by atoms with Gasteiger partial charge in [-0.15, -0.1) is 6.07 Å². The van der Waals surface area contributed by atoms with Crippen LogP contribution in [-0.2, 0) is 32.7 Å². The number of hydrogen-bond acceptors (Lipinski definition) is 1. The summed E-state index contributed by atoms with van der Waals surface area (Å²) in [4.78, 5) is 1.21. The van der Waals surface area contributed by atoms with Crippen molar-refractivity contribution >= 4 is 28.9 Å². The quantitative estimate of drug-likeness (QED) is 0.648. The molecule has 0 amide bonds. The summed E-state index contributed by atoms with van der Waals surface area (Å²) < 4.78 is 38.5. The van der Waals surface area contributed by atoms with Gasteiger partial charge in [-0.05, 0) is 27.9 Å². The van der Waals surface area contributed by atoms with Gasteiger partial charge in [-0.1, -0.05) is 29.4 Å². The zero-order chi connectivity index (χ0) is 14.9. The van der Waals surface area contributed by atoms with E-state index in [9.17, 15) is 13.2 Å². The molecule has 7 heteroatoms. The molecule has 0 bridgehead atoms. The van der Waals surface area contributed by atoms with Gasteiger partial charge in [0.25, 0.3) is 6.43 Å². The van der Waals surface area contributed by atoms with Gasteiger partial charge in [-0.2, -0.15) is 23.8 Å². The van der Waals surface area contributed by atoms with Crippen LogP contribution in [0, 0.1) is 11.9 Å². The number of allylic oxidation sites excluding steroid dienone is 3. The third-order valence-electron chi connectivity index (χ3n) is 2.71. The van der Waals surface area contributed by atoms with Gasteiger partial charge in [0.15, 0.2) is 0 Å². The van der Waals surface area contributed by atoms with Gasteiger partial charge in [-0.3, -0.25) is 0 Å². The third kappa shape index (κ3) is 4.35. The minimum absolute atomic E-state index is 0. The summed E-state index contributed by atoms with van der Waals surface area (Å²) in [5, 5.41) is 0.318. The first-order valence-electron chi connectivity index (χ1n) is 5.59. The molecule has 1 radical (unpaired) electrons. The van der Waals surface area contributed by atoms with Crippen molar-refractivity contribution in [2.75, 3.05) is 6.54 Å². The number of nitrogens with zero attached hydrogens (tertiary/aromatic N) is 1. The molecule has 0 N–H and O–H groups in total. The maximum Gasteiger partial charge on any atom is 0.256 e. The molecule has 1 aromatic carbocycles. The van der Waals surface area contributed by atoms with Gasteiger partial charge in [-0.25, -0.2) is 13.2 Å². The summed E-state index contributed by atoms with van der Waals surface area (Å²) in [7, 11) is 0. The number of benzene rings is 1. The molecular weight excluding hydrogens is 399 g/mol. The van der Waals surface area contributed by atoms with E-state index in [4.69, 9.17) is 23.2 Å². The van der Waals surface area contributed by atoms with Gasteiger partial charge < -0.3 is 4.90 Å². The van der Waals surface area contributed by atoms with E-state index in [0.29, 0.717) is 5.56 Å². The van der Waals surface area contributed by atoms with Crippen molar-refractivity contribution in [3.8, 4) is 0 Å². The molecule has 2 rings (SSSR count). The van der Waals surface area contributed by atoms with Crippen LogP contribution in [0.4, 0.5) is 13.2 Å². The fourth-order valence-electron chi connectivity index (χ4n) is 1.80. The van der Waals surface area contributed by atoms with Crippen molar-refractivity contribution in [1.82, 2.24) is 4.90 Å². The number of halogens is 5. The van der Waals surface area contributed by atoms with E-state index in [1.165, 1.54) is 23.1 Å². The van der Waals surface area contributed by atoms with Gasteiger partial charge in [0.2, 0.25) is 0 Å². The SMILES string of the molecule is C=C1C(Cl)=C[C-]=C(c2ccc(F)cc2Cl)N1CC(F)F.[Y]. The molecule has 21 heavy (non-hydrogen) atoms. The Bertz CT molecular complexity index is 614. The first-order chi connectivity index (χ1) is 9.40. The summed E-state index contributed by atoms with van der Waals surface area (Å²) >= 11 is 11.8. The summed E-state index contributed by atoms with van der Waals surface area (Å²) in [5.41, 5.74) is 0.890. The molecule has 1 nitrogen and oxygen atoms in total. The molecular formula is C14H9Cl2F3NY-. The van der Waals surface area contributed by atoms with E-state index in [2.05, 4.69) is 12.7 Å². The van der Waals surface area contributed by atoms with Crippen LogP contribution in [0.2, 0.25) is 5.02 Å². The first kappa shape index (κ1) is 18.8. The van der Waals surface area contributed by atoms with E-state index < -0.39 is 18.8 Å². The molecule has 1 heterocycles. The Kier molecular flexibility index (Phi) is 6.99. The van der Waals surface area contributed by atoms with Crippen LogP contribution in [0.1, 0.15) is 5.56 Å². The van der Waals surface area contributed by atoms with E-state index >= 15 is 0 Å². The maximum absolute atomic E-state index is 13.1. The van der Waals surface area contributed by atoms with Crippen LogP contribution in [0.15, 0.2) is 41.6 Å². The van der Waals surface area contributed by atoms with Crippen molar-refractivity contribution in [2.24, 2.45) is 0 Å². The zero-order valence-electron chi connectivity index (χ0n) is 10.7. The number of hydrogen-bond donors (Lipinski definition) is 0. The fourth-order valence-corrected chi connectivity index (χ4v) is 2.21. The summed E-state index contributed by atoms with van der Waals surface area (Å²) in [5.74, 6) is -0.511. The predicted molar refractivity (Wildman–Crippen MR) is 73.8 cm³/mol. The first-order valence-corrected chi connectivity index (χ1v) is 6.35. The Hall–Kier alpha value is -0.286. The van der Waals surface area contributed by atoms with Crippen LogP contribution in [0.3, 0.4) is 0 Å². The van der Waals surface area contributed by atoms with Gasteiger partial charge >= 0.3 is 0 Å². The zero-order valence-corrected chi connectivity index (χ0v) is 15.1. The molecule has 0 saturated heterocycles. The van der Waals surface area contributed by atoms with Crippen molar-refractivity contribution < 1.29 is 45.9 Å². The Balaban J connectivity index is 0.00000220. The predicted octanol–water partition coefficient (Wildman–Crippen LogP) is 4.84. The van der Waals surface area contributed by atoms with Crippen molar-refractivity contribution in [1.29, 1.82) is 0 Å². The molecule has 0 atom stereocenters. The second-order valence-corrected chi connectivity index (χ2v) is 4.87. The van der Waals surface area contributed by atoms with Crippen LogP contribution >= 0.6 is 23.2 Å². The largest absolute Gasteiger partial charge is 0.368 e. The second-order valence-electron chi connectivity index (χ2n) is 4.06. The monoisotopic (exact) mass is 407 g/mol. The fraction of sp³-hybridized carbons (Fsp3) is 0.143. The molecule has 0 spiro atoms. The van der Waals surface area contributed by atoms with E-state index in [-0.39, 0.29) is 54.2 Å². The van der Waals surface area contributed by atoms with E-state index in [0.717, 1.165) is 6.07 Å². The van der Waals surface area contributed by atoms with E-state index in [1.54, 1.807) is 0 Å². The average molecular weight is 408 g/mol. The standard InChI is InChI=1S/C14H9Cl2F3N.Y/c1-8-11(15)4-5-13(20(8)7-14(18)19)10-3-2-9(17)6-12(10)16;/h2-4,6,14H,1,7H2;/q-1;. The molecule has 1 aliphatic heterocycles. The van der Waals surface area contributed by atoms with Crippen LogP contribution in [-0.4, -0.2) is 17.9 Å². The van der Waals surface area contributed by atoms with Gasteiger partial charge in [0, 0.05) is 32.7 Å². The Morgan fingerprint density at radius 2 is 1.95 bits per heavy atom. The Morgan fingerprint density at radius 3 is 2.52 bits per heavy atom. The summed E-state index contributed by atoms with van der Waals surface area (Å²) in [6, 6.07) is 3.70. The Morgan fingerprint density at radius 1 is 1.29 bits per heavy atom. The second kappa shape index (κ2) is 7.82. The molecule has 0 unspecified atom stereocenters. The van der Waals surface area contributed by atoms with Crippen molar-refractivity contribution in [2.45, 2.75) is 6.43 Å². The number of alkyl halides is 2. The van der Waals surface area contributed by atoms with Crippen molar-refractivity contribution in [3.05, 3.63) is 64.1 Å². The average Bonchev–Trinajstić information content (AvgIpc) is 2.36.